The van der Waals surface area contributed by atoms with E-state index in [-0.39, 0.29) is 6.10 Å². The van der Waals surface area contributed by atoms with Crippen molar-refractivity contribution in [3.05, 3.63) is 64.2 Å². The topological polar surface area (TPSA) is 129 Å². The molecule has 5 N–H and O–H groups in total. The number of hydrogen-bond acceptors (Lipinski definition) is 8. The molecular formula is C23H27ClO8. The van der Waals surface area contributed by atoms with Gasteiger partial charge < -0.3 is 39.7 Å². The predicted molar refractivity (Wildman–Crippen MR) is 114 cm³/mol. The molecule has 32 heavy (non-hydrogen) atoms. The standard InChI is InChI=1S/C23H27ClO8/c24-18-6-3-14(21-19(26)20(27)22(28)23(29,12-25)32-21)10-15(18)9-13-1-4-16(5-2-13)31-17-7-8-30-11-17/h1-6,10,17,19-22,25-29H,7-9,11-12H2/t17-,19-,20-,21+,22+,23?/m1/s1. The fourth-order valence-electron chi connectivity index (χ4n) is 4.00. The van der Waals surface area contributed by atoms with Crippen molar-refractivity contribution in [1.29, 1.82) is 0 Å². The number of benzene rings is 2. The lowest BCUT2D eigenvalue weighted by Gasteiger charge is -2.45. The smallest absolute Gasteiger partial charge is 0.219 e. The molecule has 1 unspecified atom stereocenters. The molecule has 2 fully saturated rings. The van der Waals surface area contributed by atoms with Gasteiger partial charge >= 0.3 is 0 Å². The van der Waals surface area contributed by atoms with E-state index >= 15 is 0 Å². The van der Waals surface area contributed by atoms with Gasteiger partial charge in [0.15, 0.2) is 0 Å². The van der Waals surface area contributed by atoms with Crippen molar-refractivity contribution in [3.63, 3.8) is 0 Å². The van der Waals surface area contributed by atoms with E-state index in [9.17, 15) is 25.5 Å². The minimum Gasteiger partial charge on any atom is -0.488 e. The summed E-state index contributed by atoms with van der Waals surface area (Å²) in [6, 6.07) is 12.6. The summed E-state index contributed by atoms with van der Waals surface area (Å²) in [5.41, 5.74) is 2.16. The molecule has 0 aromatic heterocycles. The van der Waals surface area contributed by atoms with E-state index < -0.39 is 36.8 Å². The van der Waals surface area contributed by atoms with Gasteiger partial charge in [0.1, 0.15) is 36.3 Å². The third-order valence-corrected chi connectivity index (χ3v) is 6.28. The molecule has 0 saturated carbocycles. The molecule has 9 heteroatoms. The van der Waals surface area contributed by atoms with Gasteiger partial charge in [-0.15, -0.1) is 0 Å². The van der Waals surface area contributed by atoms with E-state index in [1.807, 2.05) is 24.3 Å². The second kappa shape index (κ2) is 9.62. The van der Waals surface area contributed by atoms with Gasteiger partial charge in [-0.2, -0.15) is 0 Å². The molecule has 8 nitrogen and oxygen atoms in total. The van der Waals surface area contributed by atoms with Gasteiger partial charge in [0.25, 0.3) is 0 Å². The molecule has 4 rings (SSSR count). The van der Waals surface area contributed by atoms with E-state index in [2.05, 4.69) is 0 Å². The predicted octanol–water partition coefficient (Wildman–Crippen LogP) is 0.933. The minimum absolute atomic E-state index is 0.0698. The summed E-state index contributed by atoms with van der Waals surface area (Å²) in [6.45, 7) is 0.357. The summed E-state index contributed by atoms with van der Waals surface area (Å²) in [6.07, 6.45) is -4.83. The molecule has 0 amide bonds. The Morgan fingerprint density at radius 2 is 1.81 bits per heavy atom. The van der Waals surface area contributed by atoms with Crippen molar-refractivity contribution in [2.45, 2.75) is 49.1 Å². The van der Waals surface area contributed by atoms with Crippen molar-refractivity contribution in [2.24, 2.45) is 0 Å². The summed E-state index contributed by atoms with van der Waals surface area (Å²) < 4.78 is 16.6. The van der Waals surface area contributed by atoms with Gasteiger partial charge in [0.05, 0.1) is 19.8 Å². The Kier molecular flexibility index (Phi) is 7.04. The van der Waals surface area contributed by atoms with E-state index in [0.29, 0.717) is 30.2 Å². The fourth-order valence-corrected chi connectivity index (χ4v) is 4.18. The Bertz CT molecular complexity index is 917. The number of aliphatic hydroxyl groups excluding tert-OH is 4. The van der Waals surface area contributed by atoms with Crippen LogP contribution in [0.4, 0.5) is 0 Å². The Morgan fingerprint density at radius 1 is 1.06 bits per heavy atom. The van der Waals surface area contributed by atoms with Gasteiger partial charge in [-0.25, -0.2) is 0 Å². The van der Waals surface area contributed by atoms with Crippen LogP contribution in [0.25, 0.3) is 0 Å². The van der Waals surface area contributed by atoms with Crippen LogP contribution < -0.4 is 4.74 Å². The second-order valence-electron chi connectivity index (χ2n) is 8.24. The molecule has 2 heterocycles. The lowest BCUT2D eigenvalue weighted by atomic mass is 9.88. The quantitative estimate of drug-likeness (QED) is 0.425. The first-order valence-electron chi connectivity index (χ1n) is 10.5. The van der Waals surface area contributed by atoms with Gasteiger partial charge in [-0.1, -0.05) is 35.9 Å². The van der Waals surface area contributed by atoms with E-state index in [1.54, 1.807) is 18.2 Å². The maximum Gasteiger partial charge on any atom is 0.219 e. The van der Waals surface area contributed by atoms with Crippen LogP contribution in [-0.4, -0.2) is 75.6 Å². The molecule has 2 aliphatic rings. The summed E-state index contributed by atoms with van der Waals surface area (Å²) >= 11 is 6.38. The molecule has 174 valence electrons. The van der Waals surface area contributed by atoms with Gasteiger partial charge in [-0.3, -0.25) is 0 Å². The molecular weight excluding hydrogens is 440 g/mol. The van der Waals surface area contributed by atoms with E-state index in [0.717, 1.165) is 23.3 Å². The van der Waals surface area contributed by atoms with Gasteiger partial charge in [0.2, 0.25) is 5.79 Å². The van der Waals surface area contributed by atoms with E-state index in [1.165, 1.54) is 0 Å². The van der Waals surface area contributed by atoms with E-state index in [4.69, 9.17) is 25.8 Å². The van der Waals surface area contributed by atoms with Gasteiger partial charge in [0, 0.05) is 11.4 Å². The van der Waals surface area contributed by atoms with Crippen molar-refractivity contribution in [2.75, 3.05) is 19.8 Å². The number of rotatable bonds is 6. The van der Waals surface area contributed by atoms with Crippen LogP contribution in [0.1, 0.15) is 29.2 Å². The summed E-state index contributed by atoms with van der Waals surface area (Å²) in [5.74, 6) is -1.64. The summed E-state index contributed by atoms with van der Waals surface area (Å²) in [7, 11) is 0. The maximum absolute atomic E-state index is 10.4. The Balaban J connectivity index is 1.51. The van der Waals surface area contributed by atoms with Crippen LogP contribution >= 0.6 is 11.6 Å². The van der Waals surface area contributed by atoms with Crippen molar-refractivity contribution >= 4 is 11.6 Å². The number of halogens is 1. The van der Waals surface area contributed by atoms with Crippen molar-refractivity contribution in [1.82, 2.24) is 0 Å². The second-order valence-corrected chi connectivity index (χ2v) is 8.65. The Hall–Kier alpha value is -1.75. The van der Waals surface area contributed by atoms with Crippen LogP contribution in [-0.2, 0) is 15.9 Å². The molecule has 2 aliphatic heterocycles. The van der Waals surface area contributed by atoms with Crippen LogP contribution in [0, 0.1) is 0 Å². The molecule has 6 atom stereocenters. The Labute approximate surface area is 190 Å². The minimum atomic E-state index is -2.40. The van der Waals surface area contributed by atoms with Crippen LogP contribution in [0.15, 0.2) is 42.5 Å². The molecule has 0 aliphatic carbocycles. The van der Waals surface area contributed by atoms with Crippen LogP contribution in [0.3, 0.4) is 0 Å². The number of ether oxygens (including phenoxy) is 3. The summed E-state index contributed by atoms with van der Waals surface area (Å²) in [4.78, 5) is 0. The van der Waals surface area contributed by atoms with Crippen LogP contribution in [0.5, 0.6) is 5.75 Å². The lowest BCUT2D eigenvalue weighted by Crippen LogP contribution is -2.63. The monoisotopic (exact) mass is 466 g/mol. The Morgan fingerprint density at radius 3 is 2.47 bits per heavy atom. The first kappa shape index (κ1) is 23.4. The largest absolute Gasteiger partial charge is 0.488 e. The van der Waals surface area contributed by atoms with Crippen molar-refractivity contribution in [3.8, 4) is 5.75 Å². The first-order chi connectivity index (χ1) is 15.3. The third-order valence-electron chi connectivity index (χ3n) is 5.91. The average Bonchev–Trinajstić information content (AvgIpc) is 3.31. The average molecular weight is 467 g/mol. The molecule has 0 spiro atoms. The zero-order valence-electron chi connectivity index (χ0n) is 17.3. The SMILES string of the molecule is OCC1(O)O[C@@H](c2ccc(Cl)c(Cc3ccc(O[C@@H]4CCOC4)cc3)c2)[C@H](O)[C@@H](O)[C@@H]1O. The highest BCUT2D eigenvalue weighted by Gasteiger charge is 2.52. The maximum atomic E-state index is 10.4. The number of hydrogen-bond donors (Lipinski definition) is 5. The molecule has 0 bridgehead atoms. The number of aliphatic hydroxyl groups is 5. The van der Waals surface area contributed by atoms with Crippen molar-refractivity contribution < 1.29 is 39.7 Å². The van der Waals surface area contributed by atoms with Crippen LogP contribution in [0.2, 0.25) is 5.02 Å². The highest BCUT2D eigenvalue weighted by atomic mass is 35.5. The molecule has 0 radical (unpaired) electrons. The zero-order chi connectivity index (χ0) is 22.9. The molecule has 2 aromatic carbocycles. The highest BCUT2D eigenvalue weighted by Crippen LogP contribution is 2.38. The summed E-state index contributed by atoms with van der Waals surface area (Å²) in [5, 5.41) is 50.7. The van der Waals surface area contributed by atoms with Gasteiger partial charge in [-0.05, 0) is 41.3 Å². The third kappa shape index (κ3) is 4.78. The molecule has 2 aromatic rings. The zero-order valence-corrected chi connectivity index (χ0v) is 18.1. The molecule has 2 saturated heterocycles. The lowest BCUT2D eigenvalue weighted by molar-refractivity contribution is -0.357. The normalized spacial score (nSPS) is 32.8. The fraction of sp³-hybridized carbons (Fsp3) is 0.478. The highest BCUT2D eigenvalue weighted by molar-refractivity contribution is 6.31. The first-order valence-corrected chi connectivity index (χ1v) is 10.9.